The molecule has 0 aliphatic carbocycles. The number of carbonyl (C=O) groups excluding carboxylic acids is 1. The van der Waals surface area contributed by atoms with E-state index in [9.17, 15) is 4.79 Å². The smallest absolute Gasteiger partial charge is 0.307 e. The predicted octanol–water partition coefficient (Wildman–Crippen LogP) is 4.09. The van der Waals surface area contributed by atoms with E-state index >= 15 is 0 Å². The zero-order chi connectivity index (χ0) is 15.9. The lowest BCUT2D eigenvalue weighted by Gasteiger charge is -2.13. The van der Waals surface area contributed by atoms with E-state index in [2.05, 4.69) is 0 Å². The van der Waals surface area contributed by atoms with Gasteiger partial charge in [0.25, 0.3) is 0 Å². The molecule has 0 spiro atoms. The first-order valence-electron chi connectivity index (χ1n) is 7.03. The van der Waals surface area contributed by atoms with Crippen LogP contribution in [0.5, 0.6) is 11.5 Å². The zero-order valence-electron chi connectivity index (χ0n) is 12.3. The highest BCUT2D eigenvalue weighted by Crippen LogP contribution is 2.30. The van der Waals surface area contributed by atoms with Crippen molar-refractivity contribution >= 4 is 17.6 Å². The number of hydrogen-bond acceptors (Lipinski definition) is 4. The van der Waals surface area contributed by atoms with Gasteiger partial charge in [0.15, 0.2) is 0 Å². The molecule has 2 rings (SSSR count). The fraction of sp³-hybridized carbons (Fsp3) is 0.235. The Morgan fingerprint density at radius 2 is 2.00 bits per heavy atom. The molecule has 4 nitrogen and oxygen atoms in total. The first-order valence-corrected chi connectivity index (χ1v) is 7.41. The number of benzene rings is 2. The number of hydrogen-bond donors (Lipinski definition) is 1. The van der Waals surface area contributed by atoms with Crippen LogP contribution in [0.4, 0.5) is 0 Å². The largest absolute Gasteiger partial charge is 0.466 e. The molecule has 0 fully saturated rings. The molecule has 0 unspecified atom stereocenters. The van der Waals surface area contributed by atoms with Crippen LogP contribution in [0.3, 0.4) is 0 Å². The van der Waals surface area contributed by atoms with Crippen molar-refractivity contribution in [3.63, 3.8) is 0 Å². The summed E-state index contributed by atoms with van der Waals surface area (Å²) in [5, 5.41) is 0.531. The number of ether oxygens (including phenoxy) is 2. The van der Waals surface area contributed by atoms with Crippen LogP contribution in [0.2, 0.25) is 5.02 Å². The van der Waals surface area contributed by atoms with E-state index < -0.39 is 6.04 Å². The zero-order valence-corrected chi connectivity index (χ0v) is 13.0. The summed E-state index contributed by atoms with van der Waals surface area (Å²) in [6.07, 6.45) is 0.128. The molecule has 22 heavy (non-hydrogen) atoms. The molecule has 5 heteroatoms. The minimum atomic E-state index is -0.436. The number of para-hydroxylation sites is 1. The van der Waals surface area contributed by atoms with Crippen molar-refractivity contribution in [1.29, 1.82) is 0 Å². The van der Waals surface area contributed by atoms with Crippen LogP contribution in [0.1, 0.15) is 24.9 Å². The minimum Gasteiger partial charge on any atom is -0.466 e. The summed E-state index contributed by atoms with van der Waals surface area (Å²) < 4.78 is 10.7. The van der Waals surface area contributed by atoms with Gasteiger partial charge in [0, 0.05) is 6.04 Å². The van der Waals surface area contributed by atoms with Gasteiger partial charge >= 0.3 is 5.97 Å². The Morgan fingerprint density at radius 1 is 1.23 bits per heavy atom. The van der Waals surface area contributed by atoms with Gasteiger partial charge < -0.3 is 15.2 Å². The van der Waals surface area contributed by atoms with Crippen molar-refractivity contribution in [2.75, 3.05) is 6.61 Å². The fourth-order valence-corrected chi connectivity index (χ4v) is 2.15. The normalized spacial score (nSPS) is 11.8. The predicted molar refractivity (Wildman–Crippen MR) is 86.1 cm³/mol. The molecule has 2 aromatic carbocycles. The Labute approximate surface area is 134 Å². The standard InChI is InChI=1S/C17H18ClNO3/c1-2-21-17(20)11-15(19)12-6-5-7-13(10-12)22-16-9-4-3-8-14(16)18/h3-10,15H,2,11,19H2,1H3/t15-/m0/s1. The van der Waals surface area contributed by atoms with Crippen LogP contribution in [0.15, 0.2) is 48.5 Å². The van der Waals surface area contributed by atoms with Gasteiger partial charge in [-0.05, 0) is 36.8 Å². The summed E-state index contributed by atoms with van der Waals surface area (Å²) in [5.74, 6) is 0.873. The van der Waals surface area contributed by atoms with Gasteiger partial charge in [-0.3, -0.25) is 4.79 Å². The van der Waals surface area contributed by atoms with Gasteiger partial charge in [0.2, 0.25) is 0 Å². The van der Waals surface area contributed by atoms with Crippen molar-refractivity contribution in [1.82, 2.24) is 0 Å². The molecule has 0 saturated carbocycles. The van der Waals surface area contributed by atoms with Gasteiger partial charge in [-0.1, -0.05) is 35.9 Å². The van der Waals surface area contributed by atoms with Crippen molar-refractivity contribution in [2.24, 2.45) is 5.73 Å². The molecular weight excluding hydrogens is 302 g/mol. The first-order chi connectivity index (χ1) is 10.6. The Bertz CT molecular complexity index is 645. The van der Waals surface area contributed by atoms with Crippen LogP contribution in [-0.2, 0) is 9.53 Å². The van der Waals surface area contributed by atoms with E-state index in [1.165, 1.54) is 0 Å². The highest BCUT2D eigenvalue weighted by Gasteiger charge is 2.13. The third-order valence-electron chi connectivity index (χ3n) is 3.04. The summed E-state index contributed by atoms with van der Waals surface area (Å²) >= 11 is 6.07. The molecule has 0 aliphatic heterocycles. The molecule has 2 aromatic rings. The maximum Gasteiger partial charge on any atom is 0.307 e. The summed E-state index contributed by atoms with van der Waals surface area (Å²) in [6, 6.07) is 14.1. The maximum absolute atomic E-state index is 11.5. The minimum absolute atomic E-state index is 0.128. The van der Waals surface area contributed by atoms with Crippen LogP contribution < -0.4 is 10.5 Å². The summed E-state index contributed by atoms with van der Waals surface area (Å²) in [4.78, 5) is 11.5. The monoisotopic (exact) mass is 319 g/mol. The van der Waals surface area contributed by atoms with Crippen LogP contribution in [0, 0.1) is 0 Å². The lowest BCUT2D eigenvalue weighted by atomic mass is 10.0. The number of halogens is 1. The van der Waals surface area contributed by atoms with Gasteiger partial charge in [0.05, 0.1) is 18.1 Å². The molecule has 0 aromatic heterocycles. The molecule has 0 aliphatic rings. The SMILES string of the molecule is CCOC(=O)C[C@H](N)c1cccc(Oc2ccccc2Cl)c1. The average Bonchev–Trinajstić information content (AvgIpc) is 2.50. The Morgan fingerprint density at radius 3 is 2.73 bits per heavy atom. The third-order valence-corrected chi connectivity index (χ3v) is 3.35. The number of nitrogens with two attached hydrogens (primary N) is 1. The number of carbonyl (C=O) groups is 1. The molecule has 1 atom stereocenters. The molecule has 0 saturated heterocycles. The highest BCUT2D eigenvalue weighted by molar-refractivity contribution is 6.32. The Hall–Kier alpha value is -2.04. The fourth-order valence-electron chi connectivity index (χ4n) is 1.98. The van der Waals surface area contributed by atoms with Crippen molar-refractivity contribution < 1.29 is 14.3 Å². The molecule has 0 radical (unpaired) electrons. The van der Waals surface area contributed by atoms with Crippen molar-refractivity contribution in [3.8, 4) is 11.5 Å². The number of esters is 1. The van der Waals surface area contributed by atoms with Crippen LogP contribution in [-0.4, -0.2) is 12.6 Å². The molecule has 116 valence electrons. The van der Waals surface area contributed by atoms with Crippen molar-refractivity contribution in [2.45, 2.75) is 19.4 Å². The van der Waals surface area contributed by atoms with E-state index in [4.69, 9.17) is 26.8 Å². The summed E-state index contributed by atoms with van der Waals surface area (Å²) in [6.45, 7) is 2.11. The first kappa shape index (κ1) is 16.3. The summed E-state index contributed by atoms with van der Waals surface area (Å²) in [5.41, 5.74) is 6.84. The topological polar surface area (TPSA) is 61.5 Å². The highest BCUT2D eigenvalue weighted by atomic mass is 35.5. The molecule has 0 amide bonds. The van der Waals surface area contributed by atoms with Crippen LogP contribution >= 0.6 is 11.6 Å². The van der Waals surface area contributed by atoms with E-state index in [1.807, 2.05) is 30.3 Å². The maximum atomic E-state index is 11.5. The average molecular weight is 320 g/mol. The molecular formula is C17H18ClNO3. The van der Waals surface area contributed by atoms with Gasteiger partial charge in [0.1, 0.15) is 11.5 Å². The van der Waals surface area contributed by atoms with E-state index in [0.717, 1.165) is 5.56 Å². The second kappa shape index (κ2) is 7.82. The van der Waals surface area contributed by atoms with Gasteiger partial charge in [-0.2, -0.15) is 0 Å². The van der Waals surface area contributed by atoms with Gasteiger partial charge in [-0.15, -0.1) is 0 Å². The van der Waals surface area contributed by atoms with Crippen molar-refractivity contribution in [3.05, 3.63) is 59.1 Å². The van der Waals surface area contributed by atoms with E-state index in [1.54, 1.807) is 25.1 Å². The lowest BCUT2D eigenvalue weighted by molar-refractivity contribution is -0.143. The molecule has 0 heterocycles. The van der Waals surface area contributed by atoms with Gasteiger partial charge in [-0.25, -0.2) is 0 Å². The molecule has 0 bridgehead atoms. The van der Waals surface area contributed by atoms with E-state index in [0.29, 0.717) is 23.1 Å². The van der Waals surface area contributed by atoms with E-state index in [-0.39, 0.29) is 12.4 Å². The summed E-state index contributed by atoms with van der Waals surface area (Å²) in [7, 11) is 0. The second-order valence-corrected chi connectivity index (χ2v) is 5.13. The Kier molecular flexibility index (Phi) is 5.81. The number of rotatable bonds is 6. The molecule has 2 N–H and O–H groups in total. The Balaban J connectivity index is 2.09. The lowest BCUT2D eigenvalue weighted by Crippen LogP contribution is -2.17. The third kappa shape index (κ3) is 4.48. The second-order valence-electron chi connectivity index (χ2n) is 4.72. The van der Waals surface area contributed by atoms with Crippen LogP contribution in [0.25, 0.3) is 0 Å². The quantitative estimate of drug-likeness (QED) is 0.815.